The topological polar surface area (TPSA) is 75.4 Å². The first kappa shape index (κ1) is 17.2. The summed E-state index contributed by atoms with van der Waals surface area (Å²) in [5.41, 5.74) is 1.96. The Kier molecular flexibility index (Phi) is 5.16. The molecule has 0 saturated heterocycles. The van der Waals surface area contributed by atoms with Crippen molar-refractivity contribution in [1.29, 1.82) is 0 Å². The van der Waals surface area contributed by atoms with Gasteiger partial charge >= 0.3 is 0 Å². The van der Waals surface area contributed by atoms with E-state index in [1.54, 1.807) is 18.7 Å². The van der Waals surface area contributed by atoms with Crippen LogP contribution in [0.4, 0.5) is 0 Å². The highest BCUT2D eigenvalue weighted by Crippen LogP contribution is 2.22. The minimum atomic E-state index is -0.523. The lowest BCUT2D eigenvalue weighted by Gasteiger charge is -2.28. The third-order valence-corrected chi connectivity index (χ3v) is 4.35. The number of carbonyl (C=O) groups is 2. The second-order valence-electron chi connectivity index (χ2n) is 6.29. The van der Waals surface area contributed by atoms with Gasteiger partial charge in [0.25, 0.3) is 0 Å². The highest BCUT2D eigenvalue weighted by atomic mass is 16.4. The van der Waals surface area contributed by atoms with Crippen LogP contribution in [0.1, 0.15) is 43.2 Å². The van der Waals surface area contributed by atoms with E-state index in [9.17, 15) is 9.59 Å². The predicted molar refractivity (Wildman–Crippen MR) is 92.8 cm³/mol. The summed E-state index contributed by atoms with van der Waals surface area (Å²) in [7, 11) is 0. The molecule has 1 N–H and O–H groups in total. The van der Waals surface area contributed by atoms with Gasteiger partial charge < -0.3 is 14.6 Å². The van der Waals surface area contributed by atoms with Crippen molar-refractivity contribution in [2.24, 2.45) is 0 Å². The van der Waals surface area contributed by atoms with E-state index in [0.29, 0.717) is 38.2 Å². The molecule has 25 heavy (non-hydrogen) atoms. The zero-order chi connectivity index (χ0) is 17.8. The SMILES string of the molecule is CCC(=O)NC(C)C(=O)N1CCc2oc(Cc3ccccc3)nc2C1. The molecule has 2 heterocycles. The van der Waals surface area contributed by atoms with Crippen LogP contribution in [0.25, 0.3) is 0 Å². The molecule has 132 valence electrons. The molecule has 2 aromatic rings. The first-order valence-corrected chi connectivity index (χ1v) is 8.66. The summed E-state index contributed by atoms with van der Waals surface area (Å²) in [5, 5.41) is 2.71. The van der Waals surface area contributed by atoms with E-state index < -0.39 is 6.04 Å². The van der Waals surface area contributed by atoms with Gasteiger partial charge in [0.1, 0.15) is 17.5 Å². The zero-order valence-electron chi connectivity index (χ0n) is 14.6. The molecular formula is C19H23N3O3. The lowest BCUT2D eigenvalue weighted by atomic mass is 10.1. The van der Waals surface area contributed by atoms with E-state index in [1.807, 2.05) is 30.3 Å². The average Bonchev–Trinajstić information content (AvgIpc) is 3.02. The number of carbonyl (C=O) groups excluding carboxylic acids is 2. The Morgan fingerprint density at radius 2 is 2.08 bits per heavy atom. The van der Waals surface area contributed by atoms with Crippen LogP contribution >= 0.6 is 0 Å². The fourth-order valence-corrected chi connectivity index (χ4v) is 2.97. The summed E-state index contributed by atoms with van der Waals surface area (Å²) in [5.74, 6) is 1.34. The molecule has 2 amide bonds. The number of aromatic nitrogens is 1. The fourth-order valence-electron chi connectivity index (χ4n) is 2.97. The molecule has 1 aromatic carbocycles. The maximum Gasteiger partial charge on any atom is 0.245 e. The van der Waals surface area contributed by atoms with Crippen LogP contribution in [0.15, 0.2) is 34.7 Å². The Hall–Kier alpha value is -2.63. The Morgan fingerprint density at radius 1 is 1.32 bits per heavy atom. The smallest absolute Gasteiger partial charge is 0.245 e. The summed E-state index contributed by atoms with van der Waals surface area (Å²) in [6.45, 7) is 4.50. The molecule has 6 heteroatoms. The lowest BCUT2D eigenvalue weighted by Crippen LogP contribution is -2.48. The van der Waals surface area contributed by atoms with Crippen molar-refractivity contribution >= 4 is 11.8 Å². The van der Waals surface area contributed by atoms with Crippen LogP contribution in [0, 0.1) is 0 Å². The number of benzene rings is 1. The van der Waals surface area contributed by atoms with Crippen LogP contribution in [0.3, 0.4) is 0 Å². The number of rotatable bonds is 5. The molecule has 0 bridgehead atoms. The number of fused-ring (bicyclic) bond motifs is 1. The summed E-state index contributed by atoms with van der Waals surface area (Å²) in [4.78, 5) is 30.3. The molecule has 1 aromatic heterocycles. The average molecular weight is 341 g/mol. The third-order valence-electron chi connectivity index (χ3n) is 4.35. The molecule has 6 nitrogen and oxygen atoms in total. The molecular weight excluding hydrogens is 318 g/mol. The second kappa shape index (κ2) is 7.51. The maximum absolute atomic E-state index is 12.5. The van der Waals surface area contributed by atoms with Gasteiger partial charge in [0, 0.05) is 25.8 Å². The quantitative estimate of drug-likeness (QED) is 0.903. The molecule has 1 aliphatic rings. The fraction of sp³-hybridized carbons (Fsp3) is 0.421. The lowest BCUT2D eigenvalue weighted by molar-refractivity contribution is -0.136. The van der Waals surface area contributed by atoms with Gasteiger partial charge in [-0.3, -0.25) is 9.59 Å². The molecule has 0 saturated carbocycles. The Bertz CT molecular complexity index is 755. The zero-order valence-corrected chi connectivity index (χ0v) is 14.6. The highest BCUT2D eigenvalue weighted by Gasteiger charge is 2.28. The van der Waals surface area contributed by atoms with Gasteiger partial charge in [-0.25, -0.2) is 4.98 Å². The van der Waals surface area contributed by atoms with Gasteiger partial charge in [-0.2, -0.15) is 0 Å². The maximum atomic E-state index is 12.5. The minimum Gasteiger partial charge on any atom is -0.445 e. The third kappa shape index (κ3) is 4.07. The van der Waals surface area contributed by atoms with Crippen molar-refractivity contribution in [3.05, 3.63) is 53.2 Å². The van der Waals surface area contributed by atoms with E-state index >= 15 is 0 Å². The summed E-state index contributed by atoms with van der Waals surface area (Å²) in [6.07, 6.45) is 1.66. The first-order chi connectivity index (χ1) is 12.1. The van der Waals surface area contributed by atoms with Crippen molar-refractivity contribution in [2.75, 3.05) is 6.54 Å². The minimum absolute atomic E-state index is 0.0833. The molecule has 1 aliphatic heterocycles. The summed E-state index contributed by atoms with van der Waals surface area (Å²) in [6, 6.07) is 9.51. The summed E-state index contributed by atoms with van der Waals surface area (Å²) >= 11 is 0. The van der Waals surface area contributed by atoms with Gasteiger partial charge in [-0.1, -0.05) is 37.3 Å². The number of amides is 2. The van der Waals surface area contributed by atoms with Crippen LogP contribution in [0.2, 0.25) is 0 Å². The summed E-state index contributed by atoms with van der Waals surface area (Å²) < 4.78 is 5.86. The van der Waals surface area contributed by atoms with Crippen molar-refractivity contribution < 1.29 is 14.0 Å². The van der Waals surface area contributed by atoms with E-state index in [-0.39, 0.29) is 11.8 Å². The van der Waals surface area contributed by atoms with Gasteiger partial charge in [0.05, 0.1) is 6.54 Å². The van der Waals surface area contributed by atoms with E-state index in [2.05, 4.69) is 10.3 Å². The number of hydrogen-bond donors (Lipinski definition) is 1. The Morgan fingerprint density at radius 3 is 2.80 bits per heavy atom. The van der Waals surface area contributed by atoms with Gasteiger partial charge in [-0.15, -0.1) is 0 Å². The van der Waals surface area contributed by atoms with Crippen molar-refractivity contribution in [1.82, 2.24) is 15.2 Å². The Labute approximate surface area is 147 Å². The largest absolute Gasteiger partial charge is 0.445 e. The van der Waals surface area contributed by atoms with E-state index in [1.165, 1.54) is 0 Å². The van der Waals surface area contributed by atoms with Crippen molar-refractivity contribution in [2.45, 2.75) is 45.7 Å². The standard InChI is InChI=1S/C19H23N3O3/c1-3-17(23)20-13(2)19(24)22-10-9-16-15(12-22)21-18(25-16)11-14-7-5-4-6-8-14/h4-8,13H,3,9-12H2,1-2H3,(H,20,23). The molecule has 3 rings (SSSR count). The number of nitrogens with one attached hydrogen (secondary N) is 1. The first-order valence-electron chi connectivity index (χ1n) is 8.66. The molecule has 0 spiro atoms. The predicted octanol–water partition coefficient (Wildman–Crippen LogP) is 2.06. The van der Waals surface area contributed by atoms with E-state index in [4.69, 9.17) is 4.42 Å². The Balaban J connectivity index is 1.65. The second-order valence-corrected chi connectivity index (χ2v) is 6.29. The van der Waals surface area contributed by atoms with Crippen LogP contribution in [-0.2, 0) is 29.0 Å². The van der Waals surface area contributed by atoms with E-state index in [0.717, 1.165) is 17.0 Å². The van der Waals surface area contributed by atoms with Gasteiger partial charge in [0.2, 0.25) is 11.8 Å². The molecule has 0 aliphatic carbocycles. The van der Waals surface area contributed by atoms with Crippen LogP contribution < -0.4 is 5.32 Å². The van der Waals surface area contributed by atoms with Gasteiger partial charge in [0.15, 0.2) is 5.89 Å². The van der Waals surface area contributed by atoms with Crippen molar-refractivity contribution in [3.63, 3.8) is 0 Å². The van der Waals surface area contributed by atoms with Crippen molar-refractivity contribution in [3.8, 4) is 0 Å². The number of oxazole rings is 1. The number of hydrogen-bond acceptors (Lipinski definition) is 4. The highest BCUT2D eigenvalue weighted by molar-refractivity contribution is 5.87. The monoisotopic (exact) mass is 341 g/mol. The normalized spacial score (nSPS) is 14.7. The van der Waals surface area contributed by atoms with Gasteiger partial charge in [-0.05, 0) is 12.5 Å². The van der Waals surface area contributed by atoms with Crippen LogP contribution in [0.5, 0.6) is 0 Å². The molecule has 0 radical (unpaired) electrons. The molecule has 0 fully saturated rings. The van der Waals surface area contributed by atoms with Crippen LogP contribution in [-0.4, -0.2) is 34.3 Å². The molecule has 1 atom stereocenters. The molecule has 1 unspecified atom stereocenters. The number of nitrogens with zero attached hydrogens (tertiary/aromatic N) is 2.